The molecule has 0 aliphatic rings. The zero-order valence-electron chi connectivity index (χ0n) is 8.18. The van der Waals surface area contributed by atoms with Crippen LogP contribution in [0.2, 0.25) is 5.02 Å². The standard InChI is InChI=1S/C12H9ClO3/c13-8-3-1-2-7(6-8)9-4-5-10(14)12(16)11(9)15/h1-6,14-16H. The Labute approximate surface area is 97.2 Å². The van der Waals surface area contributed by atoms with Gasteiger partial charge in [0.25, 0.3) is 0 Å². The molecule has 2 aromatic rings. The Morgan fingerprint density at radius 1 is 0.875 bits per heavy atom. The van der Waals surface area contributed by atoms with Crippen molar-refractivity contribution < 1.29 is 15.3 Å². The number of rotatable bonds is 1. The van der Waals surface area contributed by atoms with Crippen molar-refractivity contribution in [2.75, 3.05) is 0 Å². The van der Waals surface area contributed by atoms with Gasteiger partial charge in [0.2, 0.25) is 5.75 Å². The molecular weight excluding hydrogens is 228 g/mol. The smallest absolute Gasteiger partial charge is 0.200 e. The van der Waals surface area contributed by atoms with Crippen LogP contribution < -0.4 is 0 Å². The molecule has 0 saturated heterocycles. The molecule has 0 heterocycles. The topological polar surface area (TPSA) is 60.7 Å². The summed E-state index contributed by atoms with van der Waals surface area (Å²) < 4.78 is 0. The van der Waals surface area contributed by atoms with Crippen LogP contribution in [0.5, 0.6) is 17.2 Å². The quantitative estimate of drug-likeness (QED) is 0.667. The second-order valence-corrected chi connectivity index (χ2v) is 3.78. The first-order valence-corrected chi connectivity index (χ1v) is 4.97. The fraction of sp³-hybridized carbons (Fsp3) is 0. The van der Waals surface area contributed by atoms with E-state index in [0.717, 1.165) is 0 Å². The molecule has 0 bridgehead atoms. The highest BCUT2D eigenvalue weighted by molar-refractivity contribution is 6.30. The molecule has 0 amide bonds. The number of phenols is 3. The maximum Gasteiger partial charge on any atom is 0.200 e. The molecule has 0 aliphatic heterocycles. The Kier molecular flexibility index (Phi) is 2.62. The molecular formula is C12H9ClO3. The third-order valence-corrected chi connectivity index (χ3v) is 2.50. The summed E-state index contributed by atoms with van der Waals surface area (Å²) in [5.74, 6) is -1.25. The zero-order valence-corrected chi connectivity index (χ0v) is 8.94. The molecule has 2 aromatic carbocycles. The van der Waals surface area contributed by atoms with Crippen LogP contribution in [0.3, 0.4) is 0 Å². The van der Waals surface area contributed by atoms with Crippen molar-refractivity contribution in [3.8, 4) is 28.4 Å². The zero-order chi connectivity index (χ0) is 11.7. The van der Waals surface area contributed by atoms with E-state index in [0.29, 0.717) is 16.1 Å². The van der Waals surface area contributed by atoms with Gasteiger partial charge < -0.3 is 15.3 Å². The van der Waals surface area contributed by atoms with E-state index >= 15 is 0 Å². The summed E-state index contributed by atoms with van der Waals surface area (Å²) >= 11 is 5.82. The van der Waals surface area contributed by atoms with Crippen LogP contribution in [0, 0.1) is 0 Å². The van der Waals surface area contributed by atoms with E-state index in [9.17, 15) is 15.3 Å². The minimum absolute atomic E-state index is 0.358. The maximum absolute atomic E-state index is 9.67. The highest BCUT2D eigenvalue weighted by Gasteiger charge is 2.12. The summed E-state index contributed by atoms with van der Waals surface area (Å²) in [4.78, 5) is 0. The summed E-state index contributed by atoms with van der Waals surface area (Å²) in [6, 6.07) is 9.68. The van der Waals surface area contributed by atoms with E-state index in [1.165, 1.54) is 12.1 Å². The molecule has 0 atom stereocenters. The molecule has 0 unspecified atom stereocenters. The fourth-order valence-electron chi connectivity index (χ4n) is 1.46. The molecule has 82 valence electrons. The number of hydrogen-bond acceptors (Lipinski definition) is 3. The summed E-state index contributed by atoms with van der Waals surface area (Å²) in [6.45, 7) is 0. The maximum atomic E-state index is 9.67. The normalized spacial score (nSPS) is 10.3. The Balaban J connectivity index is 2.61. The third kappa shape index (κ3) is 1.77. The van der Waals surface area contributed by atoms with E-state index in [1.54, 1.807) is 24.3 Å². The van der Waals surface area contributed by atoms with Crippen LogP contribution in [0.15, 0.2) is 36.4 Å². The van der Waals surface area contributed by atoms with Gasteiger partial charge >= 0.3 is 0 Å². The van der Waals surface area contributed by atoms with Crippen LogP contribution in [-0.2, 0) is 0 Å². The van der Waals surface area contributed by atoms with Crippen molar-refractivity contribution in [2.24, 2.45) is 0 Å². The van der Waals surface area contributed by atoms with Crippen molar-refractivity contribution in [3.05, 3.63) is 41.4 Å². The SMILES string of the molecule is Oc1ccc(-c2cccc(Cl)c2)c(O)c1O. The second kappa shape index (κ2) is 3.94. The largest absolute Gasteiger partial charge is 0.504 e. The lowest BCUT2D eigenvalue weighted by Crippen LogP contribution is -1.80. The highest BCUT2D eigenvalue weighted by atomic mass is 35.5. The third-order valence-electron chi connectivity index (χ3n) is 2.27. The predicted molar refractivity (Wildman–Crippen MR) is 61.9 cm³/mol. The van der Waals surface area contributed by atoms with Gasteiger partial charge in [0.15, 0.2) is 11.5 Å². The first kappa shape index (κ1) is 10.6. The Morgan fingerprint density at radius 2 is 1.62 bits per heavy atom. The van der Waals surface area contributed by atoms with Crippen molar-refractivity contribution in [2.45, 2.75) is 0 Å². The average molecular weight is 237 g/mol. The second-order valence-electron chi connectivity index (χ2n) is 3.34. The lowest BCUT2D eigenvalue weighted by molar-refractivity contribution is 0.369. The molecule has 3 N–H and O–H groups in total. The van der Waals surface area contributed by atoms with Gasteiger partial charge in [0.05, 0.1) is 0 Å². The van der Waals surface area contributed by atoms with Gasteiger partial charge in [0.1, 0.15) is 0 Å². The number of hydrogen-bond donors (Lipinski definition) is 3. The molecule has 0 spiro atoms. The van der Waals surface area contributed by atoms with Crippen LogP contribution in [0.4, 0.5) is 0 Å². The molecule has 0 aromatic heterocycles. The average Bonchev–Trinajstić information content (AvgIpc) is 2.26. The molecule has 2 rings (SSSR count). The van der Waals surface area contributed by atoms with Gasteiger partial charge in [-0.1, -0.05) is 23.7 Å². The summed E-state index contributed by atoms with van der Waals surface area (Å²) in [5, 5.41) is 28.8. The molecule has 3 nitrogen and oxygen atoms in total. The van der Waals surface area contributed by atoms with Crippen LogP contribution >= 0.6 is 11.6 Å². The van der Waals surface area contributed by atoms with E-state index in [2.05, 4.69) is 0 Å². The van der Waals surface area contributed by atoms with Gasteiger partial charge in [-0.05, 0) is 29.8 Å². The summed E-state index contributed by atoms with van der Waals surface area (Å²) in [5.41, 5.74) is 1.08. The van der Waals surface area contributed by atoms with Crippen molar-refractivity contribution in [1.29, 1.82) is 0 Å². The molecule has 0 aliphatic carbocycles. The minimum atomic E-state index is -0.530. The first-order valence-electron chi connectivity index (χ1n) is 4.59. The summed E-state index contributed by atoms with van der Waals surface area (Å²) in [7, 11) is 0. The number of phenolic OH excluding ortho intramolecular Hbond substituents is 3. The number of aromatic hydroxyl groups is 3. The lowest BCUT2D eigenvalue weighted by Gasteiger charge is -2.07. The van der Waals surface area contributed by atoms with Gasteiger partial charge in [0, 0.05) is 10.6 Å². The van der Waals surface area contributed by atoms with Gasteiger partial charge in [-0.25, -0.2) is 0 Å². The van der Waals surface area contributed by atoms with Crippen LogP contribution in [0.1, 0.15) is 0 Å². The van der Waals surface area contributed by atoms with Crippen molar-refractivity contribution >= 4 is 11.6 Å². The molecule has 0 radical (unpaired) electrons. The molecule has 16 heavy (non-hydrogen) atoms. The lowest BCUT2D eigenvalue weighted by atomic mass is 10.0. The number of benzene rings is 2. The first-order chi connectivity index (χ1) is 7.59. The van der Waals surface area contributed by atoms with Crippen molar-refractivity contribution in [3.63, 3.8) is 0 Å². The van der Waals surface area contributed by atoms with Gasteiger partial charge in [-0.2, -0.15) is 0 Å². The Morgan fingerprint density at radius 3 is 2.31 bits per heavy atom. The van der Waals surface area contributed by atoms with E-state index in [4.69, 9.17) is 11.6 Å². The minimum Gasteiger partial charge on any atom is -0.504 e. The van der Waals surface area contributed by atoms with Crippen molar-refractivity contribution in [1.82, 2.24) is 0 Å². The fourth-order valence-corrected chi connectivity index (χ4v) is 1.65. The monoisotopic (exact) mass is 236 g/mol. The predicted octanol–water partition coefficient (Wildman–Crippen LogP) is 3.12. The van der Waals surface area contributed by atoms with E-state index in [1.807, 2.05) is 0 Å². The van der Waals surface area contributed by atoms with Crippen LogP contribution in [-0.4, -0.2) is 15.3 Å². The highest BCUT2D eigenvalue weighted by Crippen LogP contribution is 2.42. The number of halogens is 1. The van der Waals surface area contributed by atoms with Gasteiger partial charge in [-0.3, -0.25) is 0 Å². The Bertz CT molecular complexity index is 538. The molecule has 0 fully saturated rings. The summed E-state index contributed by atoms with van der Waals surface area (Å²) in [6.07, 6.45) is 0. The van der Waals surface area contributed by atoms with Crippen LogP contribution in [0.25, 0.3) is 11.1 Å². The van der Waals surface area contributed by atoms with E-state index in [-0.39, 0.29) is 11.5 Å². The Hall–Kier alpha value is -1.87. The molecule has 0 saturated carbocycles. The molecule has 4 heteroatoms. The van der Waals surface area contributed by atoms with E-state index < -0.39 is 5.75 Å². The van der Waals surface area contributed by atoms with Gasteiger partial charge in [-0.15, -0.1) is 0 Å².